The molecule has 3 radical (unpaired) electrons. The molecule has 4 rings (SSSR count). The van der Waals surface area contributed by atoms with Gasteiger partial charge in [0.25, 0.3) is 14.3 Å². The van der Waals surface area contributed by atoms with Crippen molar-refractivity contribution in [3.05, 3.63) is 6.33 Å². The Hall–Kier alpha value is 3.05. The van der Waals surface area contributed by atoms with Crippen molar-refractivity contribution in [1.29, 1.82) is 0 Å². The van der Waals surface area contributed by atoms with Gasteiger partial charge in [0.1, 0.15) is 23.8 Å². The van der Waals surface area contributed by atoms with E-state index in [0.717, 1.165) is 0 Å². The summed E-state index contributed by atoms with van der Waals surface area (Å²) in [6, 6.07) is 0. The van der Waals surface area contributed by atoms with Gasteiger partial charge in [-0.25, -0.2) is 15.0 Å². The van der Waals surface area contributed by atoms with Gasteiger partial charge in [0.05, 0.1) is 28.2 Å². The van der Waals surface area contributed by atoms with Crippen LogP contribution in [0, 0.1) is 0 Å². The van der Waals surface area contributed by atoms with Gasteiger partial charge >= 0.3 is 118 Å². The number of imidazole rings is 1. The summed E-state index contributed by atoms with van der Waals surface area (Å²) in [5, 5.41) is 0.362. The van der Waals surface area contributed by atoms with Crippen LogP contribution in [0.15, 0.2) is 11.5 Å². The van der Waals surface area contributed by atoms with Crippen LogP contribution >= 0.6 is 34.9 Å². The van der Waals surface area contributed by atoms with Gasteiger partial charge in [0, 0.05) is 7.11 Å². The second kappa shape index (κ2) is 17.3. The molecule has 4 heterocycles. The third-order valence-corrected chi connectivity index (χ3v) is 9.10. The van der Waals surface area contributed by atoms with Gasteiger partial charge in [-0.05, 0) is 6.26 Å². The molecule has 0 spiro atoms. The third-order valence-electron chi connectivity index (χ3n) is 4.73. The van der Waals surface area contributed by atoms with Crippen LogP contribution in [-0.2, 0) is 45.8 Å². The number of nitrogens with two attached hydrogens (primary N) is 1. The molecule has 0 aromatic carbocycles. The Morgan fingerprint density at radius 1 is 1.07 bits per heavy atom. The maximum atomic E-state index is 12.3. The minimum absolute atomic E-state index is 0. The number of thioether (sulfide) groups is 1. The number of aromatic nitrogens is 4. The molecule has 2 aromatic rings. The monoisotopic (exact) mass is 678 g/mol. The summed E-state index contributed by atoms with van der Waals surface area (Å²) in [7, 11) is -10.5. The number of ether oxygens (including phenoxy) is 4. The van der Waals surface area contributed by atoms with Crippen LogP contribution in [0.2, 0.25) is 0 Å². The summed E-state index contributed by atoms with van der Waals surface area (Å²) < 4.78 is 70.1. The number of fused-ring (bicyclic) bond motifs is 2. The summed E-state index contributed by atoms with van der Waals surface area (Å²) in [5.41, 5.74) is 6.55. The molecular weight excluding hydrogens is 662 g/mol. The van der Waals surface area contributed by atoms with E-state index in [1.54, 1.807) is 6.26 Å². The van der Waals surface area contributed by atoms with Crippen LogP contribution in [0.4, 0.5) is 5.82 Å². The quantitative estimate of drug-likeness (QED) is 0.106. The van der Waals surface area contributed by atoms with Crippen molar-refractivity contribution in [1.82, 2.24) is 19.5 Å². The van der Waals surface area contributed by atoms with Gasteiger partial charge in [-0.2, -0.15) is 0 Å². The van der Waals surface area contributed by atoms with E-state index in [1.165, 1.54) is 29.8 Å². The molecule has 0 amide bonds. The van der Waals surface area contributed by atoms with Gasteiger partial charge in [-0.1, -0.05) is 11.8 Å². The average Bonchev–Trinajstić information content (AvgIpc) is 3.43. The zero-order valence-electron chi connectivity index (χ0n) is 22.2. The van der Waals surface area contributed by atoms with E-state index in [-0.39, 0.29) is 130 Å². The minimum Gasteiger partial charge on any atom is -0.790 e. The predicted molar refractivity (Wildman–Crippen MR) is 113 cm³/mol. The molecule has 18 nitrogen and oxygen atoms in total. The van der Waals surface area contributed by atoms with Crippen molar-refractivity contribution in [2.45, 2.75) is 36.2 Å². The number of anilines is 1. The number of phosphoric acid groups is 2. The van der Waals surface area contributed by atoms with Crippen molar-refractivity contribution in [2.75, 3.05) is 25.7 Å². The molecule has 2 aliphatic rings. The fourth-order valence-corrected chi connectivity index (χ4v) is 6.84. The summed E-state index contributed by atoms with van der Waals surface area (Å²) in [5.74, 6) is 0.127. The number of nitrogens with zero attached hydrogens (tertiary/aromatic N) is 4. The van der Waals surface area contributed by atoms with Gasteiger partial charge in [-0.15, -0.1) is 0 Å². The molecule has 2 fully saturated rings. The molecule has 2 N–H and O–H groups in total. The topological polar surface area (TPSA) is 255 Å². The Morgan fingerprint density at radius 3 is 2.27 bits per heavy atom. The normalized spacial score (nSPS) is 26.8. The van der Waals surface area contributed by atoms with Crippen LogP contribution in [0.3, 0.4) is 0 Å². The van der Waals surface area contributed by atoms with Crippen LogP contribution < -0.4 is 139 Å². The first kappa shape index (κ1) is 43.1. The first-order valence-corrected chi connectivity index (χ1v) is 15.3. The van der Waals surface area contributed by atoms with Crippen LogP contribution in [0.1, 0.15) is 6.23 Å². The van der Waals surface area contributed by atoms with E-state index in [4.69, 9.17) is 36.8 Å². The number of nitrogen functional groups attached to an aromatic ring is 1. The summed E-state index contributed by atoms with van der Waals surface area (Å²) in [6.45, 7) is -1.82. The summed E-state index contributed by atoms with van der Waals surface area (Å²) in [4.78, 5) is 45.2. The largest absolute Gasteiger partial charge is 1.00 e. The Bertz CT molecular complexity index is 1300. The molecule has 2 aliphatic heterocycles. The zero-order valence-corrected chi connectivity index (χ0v) is 33.7. The van der Waals surface area contributed by atoms with Gasteiger partial charge < -0.3 is 60.6 Å². The molecule has 2 aromatic heterocycles. The van der Waals surface area contributed by atoms with Crippen LogP contribution in [0.25, 0.3) is 11.2 Å². The van der Waals surface area contributed by atoms with Crippen molar-refractivity contribution in [3.63, 3.8) is 0 Å². The van der Waals surface area contributed by atoms with E-state index in [9.17, 15) is 28.4 Å². The van der Waals surface area contributed by atoms with Gasteiger partial charge in [0.2, 0.25) is 0 Å². The molecule has 199 valence electrons. The van der Waals surface area contributed by atoms with Crippen molar-refractivity contribution in [2.24, 2.45) is 0 Å². The number of hydrogen-bond donors (Lipinski definition) is 1. The fraction of sp³-hybridized carbons (Fsp3) is 0.615. The standard InChI is InChI=1S/C13H19BN5O13P3S.4Na/c1-26-13-29-7-5(3-27-33(14,20)31-35(24,25)32-34(21,22)23)28-11(8(7)30-13)19-4-16-6-9(15)17-12(36-2)18-10(6)19;;;;/h4-5,7-8,11,13H,3H2,1-2H3,(H,24,25)(H2,15,17,18)(H2,21,22,23);;;;/q-1;4*+1/p-3/t5-,7-,8-,11-,13?,33?;;;;/m1..../s1. The summed E-state index contributed by atoms with van der Waals surface area (Å²) in [6.07, 6.45) is -0.713. The third kappa shape index (κ3) is 10.8. The smallest absolute Gasteiger partial charge is 0.790 e. The summed E-state index contributed by atoms with van der Waals surface area (Å²) >= 11 is 1.24. The van der Waals surface area contributed by atoms with Crippen molar-refractivity contribution >= 4 is 59.4 Å². The molecule has 27 heteroatoms. The Balaban J connectivity index is 0.00000380. The first-order chi connectivity index (χ1) is 16.7. The maximum absolute atomic E-state index is 12.3. The first-order valence-electron chi connectivity index (χ1n) is 9.54. The number of methoxy groups -OCH3 is 1. The number of hydrogen-bond acceptors (Lipinski definition) is 18. The van der Waals surface area contributed by atoms with E-state index in [1.807, 2.05) is 0 Å². The van der Waals surface area contributed by atoms with E-state index < -0.39 is 60.7 Å². The molecular formula is C13H16BN5Na4O13P3S. The van der Waals surface area contributed by atoms with Gasteiger partial charge in [-0.3, -0.25) is 17.8 Å². The number of rotatable bonds is 10. The van der Waals surface area contributed by atoms with E-state index >= 15 is 0 Å². The molecule has 7 atom stereocenters. The molecule has 2 saturated heterocycles. The predicted octanol–water partition coefficient (Wildman–Crippen LogP) is -13.6. The average molecular weight is 678 g/mol. The van der Waals surface area contributed by atoms with E-state index in [2.05, 4.69) is 23.6 Å². The van der Waals surface area contributed by atoms with Crippen molar-refractivity contribution in [3.8, 4) is 0 Å². The SMILES string of the molecule is [B-]P(=O)(OC[C@H]1O[C@@H](n2cnc3c(N)nc(SC)nc32)[C@@H]2OC(OC)O[C@@H]21)OP(=O)([O-])OP(=O)([O-])[O-].[Na+].[Na+].[Na+].[Na+]. The van der Waals surface area contributed by atoms with Crippen LogP contribution in [-0.4, -0.2) is 71.8 Å². The second-order valence-electron chi connectivity index (χ2n) is 7.10. The molecule has 40 heavy (non-hydrogen) atoms. The van der Waals surface area contributed by atoms with E-state index in [0.29, 0.717) is 10.8 Å². The molecule has 0 aliphatic carbocycles. The zero-order chi connectivity index (χ0) is 26.5. The van der Waals surface area contributed by atoms with Gasteiger partial charge in [0.15, 0.2) is 22.8 Å². The second-order valence-corrected chi connectivity index (χ2v) is 12.3. The van der Waals surface area contributed by atoms with Crippen LogP contribution in [0.5, 0.6) is 0 Å². The maximum Gasteiger partial charge on any atom is 1.00 e. The molecule has 0 saturated carbocycles. The minimum atomic E-state index is -6.04. The van der Waals surface area contributed by atoms with Crippen molar-refractivity contribution < 1.29 is 179 Å². The molecule has 3 unspecified atom stereocenters. The Kier molecular flexibility index (Phi) is 18.6. The Morgan fingerprint density at radius 2 is 1.70 bits per heavy atom. The Labute approximate surface area is 321 Å². The fourth-order valence-electron chi connectivity index (χ4n) is 3.45. The molecule has 0 bridgehead atoms.